The summed E-state index contributed by atoms with van der Waals surface area (Å²) in [4.78, 5) is 4.15. The van der Waals surface area contributed by atoms with Crippen LogP contribution in [0.5, 0.6) is 0 Å². The van der Waals surface area contributed by atoms with Gasteiger partial charge in [0.15, 0.2) is 0 Å². The molecule has 5 heteroatoms. The number of pyridine rings is 1. The van der Waals surface area contributed by atoms with E-state index in [9.17, 15) is 13.2 Å². The van der Waals surface area contributed by atoms with Gasteiger partial charge in [-0.2, -0.15) is 13.2 Å². The van der Waals surface area contributed by atoms with E-state index >= 15 is 0 Å². The first kappa shape index (κ1) is 13.4. The molecule has 2 aromatic rings. The Balaban J connectivity index is 1.98. The minimum absolute atomic E-state index is 0.526. The molecule has 2 rings (SSSR count). The van der Waals surface area contributed by atoms with Gasteiger partial charge >= 0.3 is 6.18 Å². The molecule has 0 atom stereocenters. The minimum Gasteiger partial charge on any atom is -0.381 e. The first-order valence-electron chi connectivity index (χ1n) is 5.78. The molecule has 0 bridgehead atoms. The highest BCUT2D eigenvalue weighted by Crippen LogP contribution is 2.29. The van der Waals surface area contributed by atoms with Crippen LogP contribution in [0, 0.1) is 6.92 Å². The van der Waals surface area contributed by atoms with Crippen LogP contribution < -0.4 is 5.32 Å². The Morgan fingerprint density at radius 2 is 1.74 bits per heavy atom. The van der Waals surface area contributed by atoms with Crippen LogP contribution in [0.4, 0.5) is 18.9 Å². The maximum absolute atomic E-state index is 12.4. The molecule has 0 saturated carbocycles. The normalized spacial score (nSPS) is 11.4. The lowest BCUT2D eigenvalue weighted by Gasteiger charge is -2.09. The Labute approximate surface area is 109 Å². The predicted molar refractivity (Wildman–Crippen MR) is 67.7 cm³/mol. The number of rotatable bonds is 3. The van der Waals surface area contributed by atoms with Crippen molar-refractivity contribution in [3.05, 3.63) is 59.4 Å². The van der Waals surface area contributed by atoms with E-state index < -0.39 is 11.7 Å². The van der Waals surface area contributed by atoms with Crippen molar-refractivity contribution in [3.8, 4) is 0 Å². The molecule has 0 saturated heterocycles. The van der Waals surface area contributed by atoms with Crippen LogP contribution >= 0.6 is 0 Å². The predicted octanol–water partition coefficient (Wildman–Crippen LogP) is 4.02. The van der Waals surface area contributed by atoms with Gasteiger partial charge in [-0.25, -0.2) is 0 Å². The molecule has 1 aromatic carbocycles. The Bertz CT molecular complexity index is 530. The number of benzene rings is 1. The van der Waals surface area contributed by atoms with Gasteiger partial charge < -0.3 is 5.32 Å². The van der Waals surface area contributed by atoms with E-state index in [1.54, 1.807) is 6.20 Å². The summed E-state index contributed by atoms with van der Waals surface area (Å²) in [6.45, 7) is 2.42. The van der Waals surface area contributed by atoms with Crippen molar-refractivity contribution >= 4 is 5.69 Å². The summed E-state index contributed by atoms with van der Waals surface area (Å²) >= 11 is 0. The molecule has 1 aromatic heterocycles. The molecule has 0 aliphatic rings. The number of nitrogens with zero attached hydrogens (tertiary/aromatic N) is 1. The second-order valence-corrected chi connectivity index (χ2v) is 4.24. The Morgan fingerprint density at radius 3 is 2.26 bits per heavy atom. The van der Waals surface area contributed by atoms with Crippen molar-refractivity contribution in [3.63, 3.8) is 0 Å². The Morgan fingerprint density at radius 1 is 1.05 bits per heavy atom. The summed E-state index contributed by atoms with van der Waals surface area (Å²) in [5.41, 5.74) is 1.91. The first-order valence-corrected chi connectivity index (χ1v) is 5.78. The molecule has 0 spiro atoms. The third-order valence-corrected chi connectivity index (χ3v) is 2.68. The summed E-state index contributed by atoms with van der Waals surface area (Å²) in [7, 11) is 0. The van der Waals surface area contributed by atoms with E-state index in [2.05, 4.69) is 10.3 Å². The number of alkyl halides is 3. The highest BCUT2D eigenvalue weighted by Gasteiger charge is 2.29. The summed E-state index contributed by atoms with van der Waals surface area (Å²) in [6.07, 6.45) is -2.55. The molecular weight excluding hydrogens is 253 g/mol. The number of hydrogen-bond donors (Lipinski definition) is 1. The summed E-state index contributed by atoms with van der Waals surface area (Å²) in [5, 5.41) is 3.05. The van der Waals surface area contributed by atoms with Gasteiger partial charge in [0.05, 0.1) is 5.56 Å². The lowest BCUT2D eigenvalue weighted by molar-refractivity contribution is -0.137. The molecular formula is C14H13F3N2. The van der Waals surface area contributed by atoms with Crippen LogP contribution in [0.15, 0.2) is 42.6 Å². The Kier molecular flexibility index (Phi) is 3.74. The Hall–Kier alpha value is -2.04. The third-order valence-electron chi connectivity index (χ3n) is 2.68. The van der Waals surface area contributed by atoms with Crippen LogP contribution in [0.1, 0.15) is 16.8 Å². The molecule has 0 fully saturated rings. The van der Waals surface area contributed by atoms with Crippen LogP contribution in [0.2, 0.25) is 0 Å². The zero-order valence-electron chi connectivity index (χ0n) is 10.3. The van der Waals surface area contributed by atoms with Gasteiger partial charge in [-0.05, 0) is 42.8 Å². The van der Waals surface area contributed by atoms with E-state index in [-0.39, 0.29) is 0 Å². The number of anilines is 1. The number of aromatic nitrogens is 1. The number of nitrogens with one attached hydrogen (secondary N) is 1. The maximum atomic E-state index is 12.4. The molecule has 0 aliphatic carbocycles. The molecule has 0 unspecified atom stereocenters. The summed E-state index contributed by atoms with van der Waals surface area (Å²) in [5.74, 6) is 0. The fourth-order valence-electron chi connectivity index (χ4n) is 1.58. The lowest BCUT2D eigenvalue weighted by atomic mass is 10.2. The first-order chi connectivity index (χ1) is 8.95. The zero-order valence-corrected chi connectivity index (χ0v) is 10.3. The molecule has 0 radical (unpaired) electrons. The van der Waals surface area contributed by atoms with Crippen molar-refractivity contribution < 1.29 is 13.2 Å². The molecule has 19 heavy (non-hydrogen) atoms. The highest BCUT2D eigenvalue weighted by molar-refractivity contribution is 5.45. The summed E-state index contributed by atoms with van der Waals surface area (Å²) in [6, 6.07) is 8.80. The van der Waals surface area contributed by atoms with Crippen LogP contribution in [0.25, 0.3) is 0 Å². The van der Waals surface area contributed by atoms with Gasteiger partial charge in [-0.3, -0.25) is 4.98 Å². The fraction of sp³-hybridized carbons (Fsp3) is 0.214. The van der Waals surface area contributed by atoms with Crippen molar-refractivity contribution in [2.75, 3.05) is 5.32 Å². The van der Waals surface area contributed by atoms with Gasteiger partial charge in [0.25, 0.3) is 0 Å². The molecule has 100 valence electrons. The average Bonchev–Trinajstić information content (AvgIpc) is 2.37. The van der Waals surface area contributed by atoms with Crippen molar-refractivity contribution in [2.45, 2.75) is 19.6 Å². The SMILES string of the molecule is Cc1ccc(CNc2ccc(C(F)(F)F)cc2)cn1. The standard InChI is InChI=1S/C14H13F3N2/c1-10-2-3-11(8-18-10)9-19-13-6-4-12(5-7-13)14(15,16)17/h2-8,19H,9H2,1H3. The molecule has 0 amide bonds. The fourth-order valence-corrected chi connectivity index (χ4v) is 1.58. The van der Waals surface area contributed by atoms with E-state index in [4.69, 9.17) is 0 Å². The van der Waals surface area contributed by atoms with Gasteiger partial charge in [0.1, 0.15) is 0 Å². The van der Waals surface area contributed by atoms with Gasteiger partial charge in [-0.1, -0.05) is 6.07 Å². The van der Waals surface area contributed by atoms with E-state index in [1.165, 1.54) is 12.1 Å². The van der Waals surface area contributed by atoms with Gasteiger partial charge in [-0.15, -0.1) is 0 Å². The molecule has 0 aliphatic heterocycles. The number of halogens is 3. The van der Waals surface area contributed by atoms with Gasteiger partial charge in [0, 0.05) is 24.1 Å². The van der Waals surface area contributed by atoms with E-state index in [0.29, 0.717) is 12.2 Å². The van der Waals surface area contributed by atoms with Gasteiger partial charge in [0.2, 0.25) is 0 Å². The summed E-state index contributed by atoms with van der Waals surface area (Å²) < 4.78 is 37.1. The topological polar surface area (TPSA) is 24.9 Å². The minimum atomic E-state index is -4.29. The van der Waals surface area contributed by atoms with Crippen LogP contribution in [-0.4, -0.2) is 4.98 Å². The van der Waals surface area contributed by atoms with Crippen molar-refractivity contribution in [1.29, 1.82) is 0 Å². The molecule has 1 N–H and O–H groups in total. The van der Waals surface area contributed by atoms with E-state index in [1.807, 2.05) is 19.1 Å². The monoisotopic (exact) mass is 266 g/mol. The lowest BCUT2D eigenvalue weighted by Crippen LogP contribution is -2.05. The van der Waals surface area contributed by atoms with Crippen molar-refractivity contribution in [2.24, 2.45) is 0 Å². The van der Waals surface area contributed by atoms with Crippen molar-refractivity contribution in [1.82, 2.24) is 4.98 Å². The highest BCUT2D eigenvalue weighted by atomic mass is 19.4. The smallest absolute Gasteiger partial charge is 0.381 e. The second-order valence-electron chi connectivity index (χ2n) is 4.24. The number of hydrogen-bond acceptors (Lipinski definition) is 2. The second kappa shape index (κ2) is 5.30. The number of aryl methyl sites for hydroxylation is 1. The van der Waals surface area contributed by atoms with Crippen LogP contribution in [0.3, 0.4) is 0 Å². The largest absolute Gasteiger partial charge is 0.416 e. The average molecular weight is 266 g/mol. The van der Waals surface area contributed by atoms with Crippen LogP contribution in [-0.2, 0) is 12.7 Å². The third kappa shape index (κ3) is 3.71. The quantitative estimate of drug-likeness (QED) is 0.907. The van der Waals surface area contributed by atoms with E-state index in [0.717, 1.165) is 23.4 Å². The molecule has 2 nitrogen and oxygen atoms in total. The maximum Gasteiger partial charge on any atom is 0.416 e. The molecule has 1 heterocycles. The zero-order chi connectivity index (χ0) is 13.9.